The van der Waals surface area contributed by atoms with E-state index in [1.807, 2.05) is 0 Å². The summed E-state index contributed by atoms with van der Waals surface area (Å²) < 4.78 is 35.4. The van der Waals surface area contributed by atoms with E-state index in [0.717, 1.165) is 0 Å². The molecule has 0 fully saturated rings. The summed E-state index contributed by atoms with van der Waals surface area (Å²) in [6.45, 7) is 0.263. The van der Waals surface area contributed by atoms with Crippen molar-refractivity contribution in [2.45, 2.75) is 26.5 Å². The van der Waals surface area contributed by atoms with Gasteiger partial charge in [-0.3, -0.25) is 0 Å². The second-order valence-electron chi connectivity index (χ2n) is 4.85. The fourth-order valence-electron chi connectivity index (χ4n) is 2.35. The van der Waals surface area contributed by atoms with Crippen LogP contribution in [-0.4, -0.2) is 25.2 Å². The van der Waals surface area contributed by atoms with Crippen LogP contribution in [0.3, 0.4) is 0 Å². The molecule has 6 nitrogen and oxygen atoms in total. The number of rotatable bonds is 5. The summed E-state index contributed by atoms with van der Waals surface area (Å²) >= 11 is 3.24. The number of amides is 2. The molecule has 1 aromatic carbocycles. The molecule has 9 heteroatoms. The highest BCUT2D eigenvalue weighted by molar-refractivity contribution is 9.10. The molecule has 130 valence electrons. The largest absolute Gasteiger partial charge is 0.463 e. The van der Waals surface area contributed by atoms with Gasteiger partial charge in [0.1, 0.15) is 5.75 Å². The van der Waals surface area contributed by atoms with Crippen LogP contribution < -0.4 is 15.4 Å². The Hall–Kier alpha value is -2.16. The number of urea groups is 1. The Morgan fingerprint density at radius 2 is 2.12 bits per heavy atom. The molecule has 0 spiro atoms. The summed E-state index contributed by atoms with van der Waals surface area (Å²) in [5.41, 5.74) is 0.612. The monoisotopic (exact) mass is 404 g/mol. The van der Waals surface area contributed by atoms with E-state index in [2.05, 4.69) is 31.3 Å². The number of hydrogen-bond donors (Lipinski definition) is 2. The number of alkyl halides is 2. The summed E-state index contributed by atoms with van der Waals surface area (Å²) in [5, 5.41) is 5.01. The molecule has 2 amide bonds. The van der Waals surface area contributed by atoms with Crippen LogP contribution in [0.1, 0.15) is 25.5 Å². The zero-order chi connectivity index (χ0) is 17.9. The van der Waals surface area contributed by atoms with Crippen molar-refractivity contribution in [3.8, 4) is 5.75 Å². The summed E-state index contributed by atoms with van der Waals surface area (Å²) in [4.78, 5) is 24.0. The van der Waals surface area contributed by atoms with Crippen molar-refractivity contribution in [1.29, 1.82) is 0 Å². The van der Waals surface area contributed by atoms with Crippen LogP contribution in [0.4, 0.5) is 13.6 Å². The Balaban J connectivity index is 2.54. The smallest absolute Gasteiger partial charge is 0.387 e. The van der Waals surface area contributed by atoms with Crippen molar-refractivity contribution in [3.63, 3.8) is 0 Å². The molecule has 1 unspecified atom stereocenters. The molecular weight excluding hydrogens is 390 g/mol. The molecule has 24 heavy (non-hydrogen) atoms. The maximum absolute atomic E-state index is 12.7. The van der Waals surface area contributed by atoms with E-state index in [9.17, 15) is 18.4 Å². The number of hydrogen-bond acceptors (Lipinski definition) is 4. The minimum absolute atomic E-state index is 0.119. The zero-order valence-electron chi connectivity index (χ0n) is 12.9. The van der Waals surface area contributed by atoms with Gasteiger partial charge in [-0.05, 0) is 32.0 Å². The van der Waals surface area contributed by atoms with Crippen LogP contribution in [0, 0.1) is 0 Å². The normalized spacial score (nSPS) is 17.4. The average Bonchev–Trinajstić information content (AvgIpc) is 2.48. The Labute approximate surface area is 145 Å². The molecule has 0 aromatic heterocycles. The minimum Gasteiger partial charge on any atom is -0.463 e. The molecule has 1 aromatic rings. The summed E-state index contributed by atoms with van der Waals surface area (Å²) in [6.07, 6.45) is 0. The van der Waals surface area contributed by atoms with Gasteiger partial charge in [0.05, 0.1) is 18.2 Å². The van der Waals surface area contributed by atoms with E-state index >= 15 is 0 Å². The lowest BCUT2D eigenvalue weighted by atomic mass is 9.95. The maximum atomic E-state index is 12.7. The van der Waals surface area contributed by atoms with Gasteiger partial charge in [0.25, 0.3) is 0 Å². The van der Waals surface area contributed by atoms with E-state index < -0.39 is 24.7 Å². The molecule has 1 heterocycles. The fourth-order valence-corrected chi connectivity index (χ4v) is 2.73. The first-order chi connectivity index (χ1) is 11.3. The molecule has 0 bridgehead atoms. The van der Waals surface area contributed by atoms with Crippen LogP contribution in [0.2, 0.25) is 0 Å². The minimum atomic E-state index is -3.04. The molecule has 1 aliphatic heterocycles. The quantitative estimate of drug-likeness (QED) is 0.738. The van der Waals surface area contributed by atoms with Crippen LogP contribution in [0.5, 0.6) is 5.75 Å². The molecule has 0 saturated heterocycles. The van der Waals surface area contributed by atoms with Crippen LogP contribution in [0.15, 0.2) is 33.9 Å². The Kier molecular flexibility index (Phi) is 5.76. The van der Waals surface area contributed by atoms with Gasteiger partial charge in [-0.25, -0.2) is 9.59 Å². The number of carbonyl (C=O) groups excluding carboxylic acids is 2. The molecular formula is C15H15BrF2N2O4. The highest BCUT2D eigenvalue weighted by atomic mass is 79.9. The van der Waals surface area contributed by atoms with Crippen molar-refractivity contribution in [1.82, 2.24) is 10.6 Å². The molecule has 1 atom stereocenters. The van der Waals surface area contributed by atoms with Gasteiger partial charge in [-0.15, -0.1) is 0 Å². The zero-order valence-corrected chi connectivity index (χ0v) is 14.4. The van der Waals surface area contributed by atoms with Crippen LogP contribution in [0.25, 0.3) is 0 Å². The van der Waals surface area contributed by atoms with Crippen molar-refractivity contribution in [2.75, 3.05) is 6.61 Å². The average molecular weight is 405 g/mol. The number of nitrogens with one attached hydrogen (secondary N) is 2. The first-order valence-electron chi connectivity index (χ1n) is 7.03. The van der Waals surface area contributed by atoms with Gasteiger partial charge >= 0.3 is 18.6 Å². The van der Waals surface area contributed by atoms with E-state index in [0.29, 0.717) is 4.47 Å². The second-order valence-corrected chi connectivity index (χ2v) is 5.77. The van der Waals surface area contributed by atoms with Crippen molar-refractivity contribution in [3.05, 3.63) is 39.5 Å². The highest BCUT2D eigenvalue weighted by Gasteiger charge is 2.34. The maximum Gasteiger partial charge on any atom is 0.387 e. The van der Waals surface area contributed by atoms with Crippen LogP contribution >= 0.6 is 15.9 Å². The van der Waals surface area contributed by atoms with Crippen molar-refractivity contribution in [2.24, 2.45) is 0 Å². The van der Waals surface area contributed by atoms with E-state index in [-0.39, 0.29) is 29.2 Å². The Morgan fingerprint density at radius 3 is 2.75 bits per heavy atom. The third kappa shape index (κ3) is 4.02. The molecule has 0 aliphatic carbocycles. The number of allylic oxidation sites excluding steroid dienone is 1. The predicted molar refractivity (Wildman–Crippen MR) is 84.5 cm³/mol. The first kappa shape index (κ1) is 18.2. The summed E-state index contributed by atoms with van der Waals surface area (Å²) in [6, 6.07) is 2.81. The van der Waals surface area contributed by atoms with Gasteiger partial charge in [0.2, 0.25) is 0 Å². The third-order valence-electron chi connectivity index (χ3n) is 3.26. The van der Waals surface area contributed by atoms with E-state index in [1.54, 1.807) is 6.92 Å². The number of benzene rings is 1. The fraction of sp³-hybridized carbons (Fsp3) is 0.333. The van der Waals surface area contributed by atoms with E-state index in [4.69, 9.17) is 4.74 Å². The number of halogens is 3. The molecule has 0 saturated carbocycles. The number of esters is 1. The summed E-state index contributed by atoms with van der Waals surface area (Å²) in [5.74, 6) is -0.800. The Morgan fingerprint density at radius 1 is 1.42 bits per heavy atom. The molecule has 2 rings (SSSR count). The second kappa shape index (κ2) is 7.61. The lowest BCUT2D eigenvalue weighted by Gasteiger charge is -2.29. The molecule has 1 aliphatic rings. The van der Waals surface area contributed by atoms with Crippen LogP contribution in [-0.2, 0) is 9.53 Å². The lowest BCUT2D eigenvalue weighted by Crippen LogP contribution is -2.45. The molecule has 2 N–H and O–H groups in total. The van der Waals surface area contributed by atoms with Gasteiger partial charge in [0.15, 0.2) is 0 Å². The topological polar surface area (TPSA) is 76.7 Å². The molecule has 0 radical (unpaired) electrons. The van der Waals surface area contributed by atoms with Gasteiger partial charge in [0, 0.05) is 15.7 Å². The standard InChI is InChI=1S/C15H15BrF2N2O4/c1-3-23-13(21)11-7(2)19-15(22)20-12(11)9-6-8(16)4-5-10(9)24-14(17)18/h4-6,12,14H,3H2,1-2H3,(H2,19,20,22). The number of carbonyl (C=O) groups is 2. The van der Waals surface area contributed by atoms with Gasteiger partial charge < -0.3 is 20.1 Å². The number of ether oxygens (including phenoxy) is 2. The van der Waals surface area contributed by atoms with E-state index in [1.165, 1.54) is 25.1 Å². The third-order valence-corrected chi connectivity index (χ3v) is 3.76. The van der Waals surface area contributed by atoms with Crippen molar-refractivity contribution >= 4 is 27.9 Å². The predicted octanol–water partition coefficient (Wildman–Crippen LogP) is 3.24. The summed E-state index contributed by atoms with van der Waals surface area (Å²) in [7, 11) is 0. The van der Waals surface area contributed by atoms with Gasteiger partial charge in [-0.2, -0.15) is 8.78 Å². The lowest BCUT2D eigenvalue weighted by molar-refractivity contribution is -0.139. The SMILES string of the molecule is CCOC(=O)C1=C(C)NC(=O)NC1c1cc(Br)ccc1OC(F)F. The van der Waals surface area contributed by atoms with Gasteiger partial charge in [-0.1, -0.05) is 15.9 Å². The first-order valence-corrected chi connectivity index (χ1v) is 7.82. The van der Waals surface area contributed by atoms with Crippen molar-refractivity contribution < 1.29 is 27.8 Å². The highest BCUT2D eigenvalue weighted by Crippen LogP contribution is 2.36. The Bertz CT molecular complexity index is 694.